The van der Waals surface area contributed by atoms with E-state index in [0.29, 0.717) is 13.2 Å². The molecule has 0 aromatic heterocycles. The van der Waals surface area contributed by atoms with Crippen molar-refractivity contribution in [1.82, 2.24) is 10.6 Å². The topological polar surface area (TPSA) is 114 Å². The van der Waals surface area contributed by atoms with Gasteiger partial charge in [-0.1, -0.05) is 60.7 Å². The van der Waals surface area contributed by atoms with Crippen LogP contribution >= 0.6 is 0 Å². The van der Waals surface area contributed by atoms with Crippen molar-refractivity contribution in [3.63, 3.8) is 0 Å². The smallest absolute Gasteiger partial charge is 0.408 e. The molecule has 1 heterocycles. The van der Waals surface area contributed by atoms with E-state index in [1.165, 1.54) is 0 Å². The number of carbonyl (C=O) groups is 2. The average molecular weight is 601 g/mol. The Hall–Kier alpha value is -3.18. The minimum atomic E-state index is -1.03. The zero-order valence-corrected chi connectivity index (χ0v) is 26.7. The van der Waals surface area contributed by atoms with E-state index in [4.69, 9.17) is 28.4 Å². The number of hydrogen-bond acceptors (Lipinski definition) is 8. The van der Waals surface area contributed by atoms with E-state index in [1.54, 1.807) is 55.4 Å². The molecule has 0 spiro atoms. The summed E-state index contributed by atoms with van der Waals surface area (Å²) in [4.78, 5) is 25.9. The second-order valence-corrected chi connectivity index (χ2v) is 13.1. The molecule has 0 aliphatic carbocycles. The fourth-order valence-corrected chi connectivity index (χ4v) is 4.55. The van der Waals surface area contributed by atoms with Crippen molar-refractivity contribution in [1.29, 1.82) is 0 Å². The van der Waals surface area contributed by atoms with Crippen LogP contribution in [-0.2, 0) is 41.6 Å². The van der Waals surface area contributed by atoms with Gasteiger partial charge in [0.15, 0.2) is 5.79 Å². The summed E-state index contributed by atoms with van der Waals surface area (Å²) < 4.78 is 36.0. The largest absolute Gasteiger partial charge is 0.444 e. The third kappa shape index (κ3) is 12.5. The number of alkyl carbamates (subject to hydrolysis) is 2. The maximum atomic E-state index is 13.0. The predicted molar refractivity (Wildman–Crippen MR) is 162 cm³/mol. The monoisotopic (exact) mass is 600 g/mol. The highest BCUT2D eigenvalue weighted by Crippen LogP contribution is 2.33. The number of nitrogens with one attached hydrogen (secondary N) is 2. The Morgan fingerprint density at radius 1 is 0.698 bits per heavy atom. The SMILES string of the molecule is CC(C)(C)OC(=O)N[C@@H](COCc1ccccc1)[C@H]1OC(C)(C)O[C@@H]1[C@H](COCc1ccccc1)NC(=O)OC(C)(C)C. The van der Waals surface area contributed by atoms with Gasteiger partial charge in [-0.2, -0.15) is 0 Å². The van der Waals surface area contributed by atoms with Gasteiger partial charge in [0.05, 0.1) is 38.5 Å². The van der Waals surface area contributed by atoms with E-state index in [9.17, 15) is 9.59 Å². The molecule has 0 saturated carbocycles. The summed E-state index contributed by atoms with van der Waals surface area (Å²) in [7, 11) is 0. The lowest BCUT2D eigenvalue weighted by Crippen LogP contribution is -2.58. The average Bonchev–Trinajstić information content (AvgIpc) is 3.22. The predicted octanol–water partition coefficient (Wildman–Crippen LogP) is 5.73. The minimum Gasteiger partial charge on any atom is -0.444 e. The molecule has 1 saturated heterocycles. The molecule has 2 aromatic carbocycles. The Morgan fingerprint density at radius 2 is 1.05 bits per heavy atom. The van der Waals surface area contributed by atoms with Gasteiger partial charge in [0, 0.05) is 0 Å². The summed E-state index contributed by atoms with van der Waals surface area (Å²) in [6.07, 6.45) is -2.72. The van der Waals surface area contributed by atoms with E-state index in [-0.39, 0.29) is 13.2 Å². The van der Waals surface area contributed by atoms with Crippen molar-refractivity contribution in [2.75, 3.05) is 13.2 Å². The van der Waals surface area contributed by atoms with Crippen LogP contribution in [0.15, 0.2) is 60.7 Å². The highest BCUT2D eigenvalue weighted by molar-refractivity contribution is 5.69. The van der Waals surface area contributed by atoms with Crippen LogP contribution in [0, 0.1) is 0 Å². The first-order chi connectivity index (χ1) is 20.1. The van der Waals surface area contributed by atoms with E-state index >= 15 is 0 Å². The third-order valence-corrected chi connectivity index (χ3v) is 6.18. The van der Waals surface area contributed by atoms with Crippen LogP contribution in [0.4, 0.5) is 9.59 Å². The van der Waals surface area contributed by atoms with Crippen LogP contribution in [0.25, 0.3) is 0 Å². The van der Waals surface area contributed by atoms with E-state index in [2.05, 4.69) is 10.6 Å². The molecule has 1 fully saturated rings. The Bertz CT molecular complexity index is 1060. The zero-order valence-electron chi connectivity index (χ0n) is 26.7. The van der Waals surface area contributed by atoms with Crippen LogP contribution in [0.2, 0.25) is 0 Å². The molecule has 1 aliphatic rings. The first-order valence-electron chi connectivity index (χ1n) is 14.7. The Labute approximate surface area is 255 Å². The van der Waals surface area contributed by atoms with Crippen LogP contribution in [0.3, 0.4) is 0 Å². The molecular weight excluding hydrogens is 552 g/mol. The number of rotatable bonds is 12. The van der Waals surface area contributed by atoms with Gasteiger partial charge in [-0.25, -0.2) is 9.59 Å². The number of carbonyl (C=O) groups excluding carboxylic acids is 2. The van der Waals surface area contributed by atoms with Crippen molar-refractivity contribution in [3.8, 4) is 0 Å². The maximum Gasteiger partial charge on any atom is 0.408 e. The molecule has 10 nitrogen and oxygen atoms in total. The van der Waals surface area contributed by atoms with Gasteiger partial charge in [0.2, 0.25) is 0 Å². The molecule has 2 N–H and O–H groups in total. The Balaban J connectivity index is 1.85. The summed E-state index contributed by atoms with van der Waals surface area (Å²) in [5.74, 6) is -1.03. The Kier molecular flexibility index (Phi) is 12.0. The van der Waals surface area contributed by atoms with Crippen molar-refractivity contribution in [3.05, 3.63) is 71.8 Å². The molecule has 2 amide bonds. The normalized spacial score (nSPS) is 19.7. The number of hydrogen-bond donors (Lipinski definition) is 2. The second kappa shape index (κ2) is 15.0. The molecule has 1 aliphatic heterocycles. The van der Waals surface area contributed by atoms with Gasteiger partial charge < -0.3 is 39.1 Å². The first kappa shape index (κ1) is 34.3. The van der Waals surface area contributed by atoms with E-state index in [1.807, 2.05) is 60.7 Å². The van der Waals surface area contributed by atoms with E-state index in [0.717, 1.165) is 11.1 Å². The quantitative estimate of drug-likeness (QED) is 0.318. The van der Waals surface area contributed by atoms with Gasteiger partial charge in [-0.05, 0) is 66.5 Å². The highest BCUT2D eigenvalue weighted by atomic mass is 16.8. The van der Waals surface area contributed by atoms with Crippen LogP contribution in [-0.4, -0.2) is 66.7 Å². The summed E-state index contributed by atoms with van der Waals surface area (Å²) in [5.41, 5.74) is 0.546. The lowest BCUT2D eigenvalue weighted by molar-refractivity contribution is -0.153. The molecular formula is C33H48N2O8. The van der Waals surface area contributed by atoms with Crippen LogP contribution in [0.5, 0.6) is 0 Å². The molecule has 0 unspecified atom stereocenters. The van der Waals surface area contributed by atoms with Crippen molar-refractivity contribution in [2.24, 2.45) is 0 Å². The lowest BCUT2D eigenvalue weighted by Gasteiger charge is -2.33. The molecule has 238 valence electrons. The van der Waals surface area contributed by atoms with Gasteiger partial charge in [-0.3, -0.25) is 0 Å². The second-order valence-electron chi connectivity index (χ2n) is 13.1. The van der Waals surface area contributed by atoms with Gasteiger partial charge in [-0.15, -0.1) is 0 Å². The molecule has 0 bridgehead atoms. The number of benzene rings is 2. The van der Waals surface area contributed by atoms with Crippen molar-refractivity contribution >= 4 is 12.2 Å². The summed E-state index contributed by atoms with van der Waals surface area (Å²) >= 11 is 0. The summed E-state index contributed by atoms with van der Waals surface area (Å²) in [6, 6.07) is 18.1. The lowest BCUT2D eigenvalue weighted by atomic mass is 10.00. The fourth-order valence-electron chi connectivity index (χ4n) is 4.55. The van der Waals surface area contributed by atoms with Gasteiger partial charge >= 0.3 is 12.2 Å². The highest BCUT2D eigenvalue weighted by Gasteiger charge is 2.50. The first-order valence-corrected chi connectivity index (χ1v) is 14.7. The molecule has 0 radical (unpaired) electrons. The van der Waals surface area contributed by atoms with Gasteiger partial charge in [0.1, 0.15) is 23.4 Å². The molecule has 4 atom stereocenters. The molecule has 3 rings (SSSR count). The minimum absolute atomic E-state index is 0.0960. The maximum absolute atomic E-state index is 13.0. The van der Waals surface area contributed by atoms with Crippen molar-refractivity contribution in [2.45, 2.75) is 110 Å². The number of ether oxygens (including phenoxy) is 6. The van der Waals surface area contributed by atoms with Crippen LogP contribution in [0.1, 0.15) is 66.5 Å². The van der Waals surface area contributed by atoms with E-state index < -0.39 is 53.5 Å². The standard InChI is InChI=1S/C33H48N2O8/c1-31(2,3)42-29(36)34-25(21-38-19-23-15-11-9-12-16-23)27-28(41-33(7,8)40-27)26(35-30(37)43-32(4,5)6)22-39-20-24-17-13-10-14-18-24/h9-18,25-28H,19-22H2,1-8H3,(H,34,36)(H,35,37)/t25-,26-,27+,28+/m0/s1. The summed E-state index contributed by atoms with van der Waals surface area (Å²) in [6.45, 7) is 15.2. The number of amides is 2. The van der Waals surface area contributed by atoms with Crippen LogP contribution < -0.4 is 10.6 Å². The van der Waals surface area contributed by atoms with Crippen molar-refractivity contribution < 1.29 is 38.0 Å². The molecule has 10 heteroatoms. The van der Waals surface area contributed by atoms with Gasteiger partial charge in [0.25, 0.3) is 0 Å². The third-order valence-electron chi connectivity index (χ3n) is 6.18. The fraction of sp³-hybridized carbons (Fsp3) is 0.576. The molecule has 2 aromatic rings. The summed E-state index contributed by atoms with van der Waals surface area (Å²) in [5, 5.41) is 5.84. The zero-order chi connectivity index (χ0) is 31.7. The Morgan fingerprint density at radius 3 is 1.37 bits per heavy atom. The molecule has 43 heavy (non-hydrogen) atoms.